The highest BCUT2D eigenvalue weighted by atomic mass is 32.2. The first-order valence-corrected chi connectivity index (χ1v) is 20.7. The van der Waals surface area contributed by atoms with Crippen molar-refractivity contribution >= 4 is 48.6 Å². The molecule has 4 rings (SSSR count). The lowest BCUT2D eigenvalue weighted by atomic mass is 9.90. The molecule has 0 atom stereocenters. The number of unbranched alkanes of at least 4 members (excludes halogenated alkanes) is 2. The van der Waals surface area contributed by atoms with Gasteiger partial charge in [0, 0.05) is 48.7 Å². The van der Waals surface area contributed by atoms with E-state index in [1.54, 1.807) is 0 Å². The van der Waals surface area contributed by atoms with Gasteiger partial charge in [0.1, 0.15) is 18.0 Å². The lowest BCUT2D eigenvalue weighted by Crippen LogP contribution is -2.30. The van der Waals surface area contributed by atoms with E-state index in [0.29, 0.717) is 19.7 Å². The number of benzene rings is 3. The first-order valence-electron chi connectivity index (χ1n) is 17.5. The average molecular weight is 737 g/mol. The molecule has 3 N–H and O–H groups in total. The summed E-state index contributed by atoms with van der Waals surface area (Å²) in [5, 5.41) is 3.44. The van der Waals surface area contributed by atoms with Gasteiger partial charge in [-0.25, -0.2) is 4.58 Å². The molecule has 0 aliphatic heterocycles. The molecule has 0 fully saturated rings. The van der Waals surface area contributed by atoms with Crippen LogP contribution in [-0.4, -0.2) is 80.5 Å². The van der Waals surface area contributed by atoms with Gasteiger partial charge in [0.25, 0.3) is 20.2 Å². The number of anilines is 3. The number of hydrogen-bond acceptors (Lipinski definition) is 7. The van der Waals surface area contributed by atoms with Crippen molar-refractivity contribution in [2.45, 2.75) is 46.5 Å². The molecular formula is C39H50N3O7S2+. The number of nitrogens with one attached hydrogen (secondary N) is 1. The van der Waals surface area contributed by atoms with E-state index < -0.39 is 20.2 Å². The van der Waals surface area contributed by atoms with E-state index in [0.717, 1.165) is 76.5 Å². The van der Waals surface area contributed by atoms with Gasteiger partial charge in [-0.3, -0.25) is 9.11 Å². The molecule has 0 heterocycles. The van der Waals surface area contributed by atoms with Crippen molar-refractivity contribution in [3.05, 3.63) is 114 Å². The molecule has 0 unspecified atom stereocenters. The van der Waals surface area contributed by atoms with Crippen LogP contribution in [0.15, 0.2) is 103 Å². The Hall–Kier alpha value is -4.23. The van der Waals surface area contributed by atoms with Crippen LogP contribution in [0.25, 0.3) is 5.57 Å². The Balaban J connectivity index is 1.71. The molecular weight excluding hydrogens is 687 g/mol. The molecule has 0 bridgehead atoms. The van der Waals surface area contributed by atoms with E-state index >= 15 is 0 Å². The fourth-order valence-electron chi connectivity index (χ4n) is 5.75. The Morgan fingerprint density at radius 1 is 0.686 bits per heavy atom. The minimum atomic E-state index is -4.10. The lowest BCUT2D eigenvalue weighted by Gasteiger charge is -2.25. The topological polar surface area (TPSA) is 136 Å². The monoisotopic (exact) mass is 736 g/mol. The van der Waals surface area contributed by atoms with E-state index in [9.17, 15) is 25.9 Å². The highest BCUT2D eigenvalue weighted by Crippen LogP contribution is 2.32. The van der Waals surface area contributed by atoms with Crippen molar-refractivity contribution in [1.82, 2.24) is 0 Å². The molecule has 51 heavy (non-hydrogen) atoms. The number of ether oxygens (including phenoxy) is 1. The number of hydrogen-bond donors (Lipinski definition) is 3. The summed E-state index contributed by atoms with van der Waals surface area (Å²) in [5.74, 6) is 0.116. The van der Waals surface area contributed by atoms with Crippen molar-refractivity contribution in [1.29, 1.82) is 0 Å². The normalized spacial score (nSPS) is 13.0. The first kappa shape index (κ1) is 39.6. The Labute approximate surface area is 303 Å². The Bertz CT molecular complexity index is 1910. The summed E-state index contributed by atoms with van der Waals surface area (Å²) in [6, 6.07) is 24.0. The minimum Gasteiger partial charge on any atom is -0.494 e. The Morgan fingerprint density at radius 3 is 1.76 bits per heavy atom. The summed E-state index contributed by atoms with van der Waals surface area (Å²) < 4.78 is 72.5. The number of nitrogens with zero attached hydrogens (tertiary/aromatic N) is 2. The van der Waals surface area contributed by atoms with Gasteiger partial charge in [-0.15, -0.1) is 0 Å². The summed E-state index contributed by atoms with van der Waals surface area (Å²) in [5.41, 5.74) is 7.47. The van der Waals surface area contributed by atoms with Crippen molar-refractivity contribution < 1.29 is 35.3 Å². The molecule has 12 heteroatoms. The highest BCUT2D eigenvalue weighted by Gasteiger charge is 2.19. The first-order chi connectivity index (χ1) is 24.4. The van der Waals surface area contributed by atoms with Crippen molar-refractivity contribution in [2.75, 3.05) is 54.5 Å². The predicted octanol–water partition coefficient (Wildman–Crippen LogP) is 7.39. The number of allylic oxidation sites excluding steroid dienone is 5. The molecule has 0 saturated carbocycles. The van der Waals surface area contributed by atoms with Crippen molar-refractivity contribution in [3.63, 3.8) is 0 Å². The molecule has 3 aromatic rings. The average Bonchev–Trinajstić information content (AvgIpc) is 3.10. The number of rotatable bonds is 19. The summed E-state index contributed by atoms with van der Waals surface area (Å²) in [6.45, 7) is 8.41. The van der Waals surface area contributed by atoms with Crippen LogP contribution in [-0.2, 0) is 20.2 Å². The fraction of sp³-hybridized carbons (Fsp3) is 0.359. The summed E-state index contributed by atoms with van der Waals surface area (Å²) in [4.78, 5) is 1.98. The zero-order valence-corrected chi connectivity index (χ0v) is 31.3. The van der Waals surface area contributed by atoms with Crippen LogP contribution in [0.4, 0.5) is 17.1 Å². The molecule has 1 aliphatic carbocycles. The van der Waals surface area contributed by atoms with Gasteiger partial charge in [-0.05, 0) is 96.3 Å². The standard InChI is InChI=1S/C39H49N3O7S2/c1-4-7-25-41(27-29-50(43,44)45)36-19-11-32(12-20-36)39(31-9-15-34(16-10-31)40-35-17-23-38(24-18-35)49-6-3)33-13-21-37(22-14-33)42(26-8-5-2)28-30-51(46,47)48/h9-24H,4-8,25-30H2,1-3H3,(H2,43,44,45,46,47,48)/p+1. The van der Waals surface area contributed by atoms with Gasteiger partial charge in [-0.1, -0.05) is 51.0 Å². The van der Waals surface area contributed by atoms with Crippen LogP contribution < -0.4 is 15.0 Å². The lowest BCUT2D eigenvalue weighted by molar-refractivity contribution is -0.522. The SMILES string of the molecule is CCCCN(CCS(=O)(=O)O)c1ccc(C(=C2C=CC(=[N+](CCCC)CCS(=O)(=O)O)C=C2)c2ccc(Nc3ccc(OCC)cc3)cc2)cc1. The molecule has 10 nitrogen and oxygen atoms in total. The third kappa shape index (κ3) is 12.8. The second kappa shape index (κ2) is 18.8. The van der Waals surface area contributed by atoms with Gasteiger partial charge < -0.3 is 15.0 Å². The van der Waals surface area contributed by atoms with Crippen molar-refractivity contribution in [3.8, 4) is 5.75 Å². The highest BCUT2D eigenvalue weighted by molar-refractivity contribution is 7.86. The molecule has 1 aliphatic rings. The Morgan fingerprint density at radius 2 is 1.24 bits per heavy atom. The second-order valence-corrected chi connectivity index (χ2v) is 15.5. The van der Waals surface area contributed by atoms with Crippen LogP contribution in [0.2, 0.25) is 0 Å². The summed E-state index contributed by atoms with van der Waals surface area (Å²) in [7, 11) is -8.20. The van der Waals surface area contributed by atoms with Gasteiger partial charge in [0.2, 0.25) is 0 Å². The van der Waals surface area contributed by atoms with E-state index in [-0.39, 0.29) is 24.6 Å². The van der Waals surface area contributed by atoms with Crippen LogP contribution in [0.3, 0.4) is 0 Å². The van der Waals surface area contributed by atoms with E-state index in [1.165, 1.54) is 0 Å². The maximum absolute atomic E-state index is 11.5. The van der Waals surface area contributed by atoms with E-state index in [1.807, 2.05) is 101 Å². The van der Waals surface area contributed by atoms with Crippen LogP contribution in [0, 0.1) is 0 Å². The van der Waals surface area contributed by atoms with Crippen LogP contribution in [0.1, 0.15) is 57.6 Å². The molecule has 274 valence electrons. The largest absolute Gasteiger partial charge is 0.494 e. The minimum absolute atomic E-state index is 0.186. The second-order valence-electron chi connectivity index (χ2n) is 12.4. The molecule has 3 aromatic carbocycles. The molecule has 0 aromatic heterocycles. The molecule has 0 radical (unpaired) electrons. The van der Waals surface area contributed by atoms with Crippen LogP contribution >= 0.6 is 0 Å². The van der Waals surface area contributed by atoms with Gasteiger partial charge >= 0.3 is 0 Å². The van der Waals surface area contributed by atoms with Gasteiger partial charge in [-0.2, -0.15) is 16.8 Å². The summed E-state index contributed by atoms with van der Waals surface area (Å²) in [6.07, 6.45) is 11.7. The zero-order valence-electron chi connectivity index (χ0n) is 29.7. The molecule has 0 spiro atoms. The predicted molar refractivity (Wildman–Crippen MR) is 208 cm³/mol. The smallest absolute Gasteiger partial charge is 0.271 e. The van der Waals surface area contributed by atoms with Crippen LogP contribution in [0.5, 0.6) is 5.75 Å². The van der Waals surface area contributed by atoms with Gasteiger partial charge in [0.15, 0.2) is 12.3 Å². The third-order valence-corrected chi connectivity index (χ3v) is 9.87. The summed E-state index contributed by atoms with van der Waals surface area (Å²) >= 11 is 0. The molecule has 0 amide bonds. The van der Waals surface area contributed by atoms with E-state index in [2.05, 4.69) is 31.3 Å². The fourth-order valence-corrected chi connectivity index (χ4v) is 6.66. The van der Waals surface area contributed by atoms with Gasteiger partial charge in [0.05, 0.1) is 12.4 Å². The molecule has 0 saturated heterocycles. The third-order valence-electron chi connectivity index (χ3n) is 8.47. The van der Waals surface area contributed by atoms with E-state index in [4.69, 9.17) is 4.74 Å². The maximum Gasteiger partial charge on any atom is 0.271 e. The Kier molecular flexibility index (Phi) is 14.6. The quantitative estimate of drug-likeness (QED) is 0.0850. The zero-order chi connectivity index (χ0) is 36.9. The van der Waals surface area contributed by atoms with Crippen molar-refractivity contribution in [2.24, 2.45) is 0 Å². The maximum atomic E-state index is 11.5.